The molecule has 1 aromatic heterocycles. The van der Waals surface area contributed by atoms with Gasteiger partial charge in [0.25, 0.3) is 5.91 Å². The van der Waals surface area contributed by atoms with E-state index in [9.17, 15) is 19.1 Å². The van der Waals surface area contributed by atoms with Gasteiger partial charge in [0.1, 0.15) is 5.82 Å². The molecule has 0 saturated heterocycles. The molecule has 1 atom stereocenters. The third-order valence-electron chi connectivity index (χ3n) is 6.93. The SMILES string of the molecule is CCCCN(CCCC)c1ccc(C(=O)n2c3c(c4c(F)cccc42)CC(C(=O)O)CC3)cc1. The number of aromatic nitrogens is 1. The Bertz CT molecular complexity index is 1170. The molecule has 0 fully saturated rings. The number of hydrogen-bond donors (Lipinski definition) is 1. The molecule has 0 spiro atoms. The molecule has 6 heteroatoms. The minimum atomic E-state index is -0.875. The Morgan fingerprint density at radius 1 is 1.06 bits per heavy atom. The van der Waals surface area contributed by atoms with Crippen LogP contribution < -0.4 is 4.90 Å². The lowest BCUT2D eigenvalue weighted by atomic mass is 9.86. The van der Waals surface area contributed by atoms with Crippen LogP contribution in [0.1, 0.15) is 67.6 Å². The summed E-state index contributed by atoms with van der Waals surface area (Å²) in [5.74, 6) is -2.05. The first-order valence-corrected chi connectivity index (χ1v) is 12.4. The molecule has 180 valence electrons. The third-order valence-corrected chi connectivity index (χ3v) is 6.93. The van der Waals surface area contributed by atoms with Crippen LogP contribution in [0.3, 0.4) is 0 Å². The number of hydrogen-bond acceptors (Lipinski definition) is 3. The smallest absolute Gasteiger partial charge is 0.306 e. The van der Waals surface area contributed by atoms with Crippen LogP contribution in [0, 0.1) is 11.7 Å². The van der Waals surface area contributed by atoms with Crippen molar-refractivity contribution in [3.8, 4) is 0 Å². The first-order chi connectivity index (χ1) is 16.5. The Morgan fingerprint density at radius 3 is 2.35 bits per heavy atom. The predicted molar refractivity (Wildman–Crippen MR) is 133 cm³/mol. The fourth-order valence-electron chi connectivity index (χ4n) is 5.02. The van der Waals surface area contributed by atoms with E-state index in [1.54, 1.807) is 16.7 Å². The minimum Gasteiger partial charge on any atom is -0.481 e. The van der Waals surface area contributed by atoms with Gasteiger partial charge in [0.05, 0.1) is 11.4 Å². The van der Waals surface area contributed by atoms with E-state index < -0.39 is 17.7 Å². The summed E-state index contributed by atoms with van der Waals surface area (Å²) in [4.78, 5) is 27.6. The molecule has 3 aromatic rings. The second-order valence-electron chi connectivity index (χ2n) is 9.22. The standard InChI is InChI=1S/C28H33FN2O3/c1-3-5-16-30(17-6-4-2)21-13-10-19(11-14-21)27(32)31-24-15-12-20(28(33)34)18-22(24)26-23(29)8-7-9-25(26)31/h7-11,13-14,20H,3-6,12,15-18H2,1-2H3,(H,33,34). The molecule has 1 N–H and O–H groups in total. The maximum Gasteiger partial charge on any atom is 0.306 e. The highest BCUT2D eigenvalue weighted by molar-refractivity contribution is 6.04. The summed E-state index contributed by atoms with van der Waals surface area (Å²) in [6.45, 7) is 6.35. The monoisotopic (exact) mass is 464 g/mol. The second kappa shape index (κ2) is 10.4. The summed E-state index contributed by atoms with van der Waals surface area (Å²) in [7, 11) is 0. The molecule has 0 amide bonds. The number of carboxylic acids is 1. The number of aliphatic carboxylic acids is 1. The Morgan fingerprint density at radius 2 is 1.74 bits per heavy atom. The summed E-state index contributed by atoms with van der Waals surface area (Å²) in [6.07, 6.45) is 5.62. The molecule has 0 aliphatic heterocycles. The molecule has 5 nitrogen and oxygen atoms in total. The van der Waals surface area contributed by atoms with Crippen LogP contribution in [-0.2, 0) is 17.6 Å². The largest absolute Gasteiger partial charge is 0.481 e. The van der Waals surface area contributed by atoms with Gasteiger partial charge in [-0.15, -0.1) is 0 Å². The molecule has 1 aliphatic rings. The molecular weight excluding hydrogens is 431 g/mol. The highest BCUT2D eigenvalue weighted by Crippen LogP contribution is 2.36. The van der Waals surface area contributed by atoms with E-state index >= 15 is 0 Å². The van der Waals surface area contributed by atoms with Gasteiger partial charge in [0.2, 0.25) is 0 Å². The Hall–Kier alpha value is -3.15. The van der Waals surface area contributed by atoms with Crippen molar-refractivity contribution in [3.63, 3.8) is 0 Å². The zero-order chi connectivity index (χ0) is 24.2. The number of carbonyl (C=O) groups is 2. The van der Waals surface area contributed by atoms with Crippen LogP contribution >= 0.6 is 0 Å². The molecule has 0 bridgehead atoms. The number of benzene rings is 2. The van der Waals surface area contributed by atoms with Crippen LogP contribution in [0.2, 0.25) is 0 Å². The maximum atomic E-state index is 14.8. The molecule has 1 aliphatic carbocycles. The molecule has 0 radical (unpaired) electrons. The minimum absolute atomic E-state index is 0.203. The average molecular weight is 465 g/mol. The van der Waals surface area contributed by atoms with E-state index in [0.29, 0.717) is 34.9 Å². The zero-order valence-electron chi connectivity index (χ0n) is 20.0. The zero-order valence-corrected chi connectivity index (χ0v) is 20.0. The molecule has 0 saturated carbocycles. The molecule has 1 unspecified atom stereocenters. The first-order valence-electron chi connectivity index (χ1n) is 12.4. The predicted octanol–water partition coefficient (Wildman–Crippen LogP) is 6.07. The number of anilines is 1. The van der Waals surface area contributed by atoms with E-state index in [1.165, 1.54) is 6.07 Å². The van der Waals surface area contributed by atoms with Crippen LogP contribution in [0.15, 0.2) is 42.5 Å². The highest BCUT2D eigenvalue weighted by atomic mass is 19.1. The summed E-state index contributed by atoms with van der Waals surface area (Å²) in [5, 5.41) is 9.88. The molecule has 34 heavy (non-hydrogen) atoms. The molecule has 2 aromatic carbocycles. The second-order valence-corrected chi connectivity index (χ2v) is 9.22. The van der Waals surface area contributed by atoms with Crippen LogP contribution in [0.5, 0.6) is 0 Å². The van der Waals surface area contributed by atoms with Crippen molar-refractivity contribution >= 4 is 28.5 Å². The highest BCUT2D eigenvalue weighted by Gasteiger charge is 2.32. The number of halogens is 1. The van der Waals surface area contributed by atoms with Crippen LogP contribution in [-0.4, -0.2) is 34.6 Å². The van der Waals surface area contributed by atoms with Gasteiger partial charge in [-0.05, 0) is 74.1 Å². The third kappa shape index (κ3) is 4.59. The van der Waals surface area contributed by atoms with Crippen molar-refractivity contribution in [1.29, 1.82) is 0 Å². The summed E-state index contributed by atoms with van der Waals surface area (Å²) in [6, 6.07) is 12.4. The topological polar surface area (TPSA) is 62.5 Å². The van der Waals surface area contributed by atoms with Crippen LogP contribution in [0.4, 0.5) is 10.1 Å². The number of carbonyl (C=O) groups excluding carboxylic acids is 1. The van der Waals surface area contributed by atoms with Gasteiger partial charge in [0, 0.05) is 35.4 Å². The van der Waals surface area contributed by atoms with Crippen molar-refractivity contribution in [2.24, 2.45) is 5.92 Å². The summed E-state index contributed by atoms with van der Waals surface area (Å²) in [5.41, 5.74) is 3.55. The fraction of sp³-hybridized carbons (Fsp3) is 0.429. The van der Waals surface area contributed by atoms with Crippen LogP contribution in [0.25, 0.3) is 10.9 Å². The van der Waals surface area contributed by atoms with Gasteiger partial charge < -0.3 is 10.0 Å². The molecule has 1 heterocycles. The van der Waals surface area contributed by atoms with Gasteiger partial charge in [-0.2, -0.15) is 0 Å². The molecular formula is C28H33FN2O3. The quantitative estimate of drug-likeness (QED) is 0.418. The van der Waals surface area contributed by atoms with E-state index in [0.717, 1.165) is 50.2 Å². The Labute approximate surface area is 200 Å². The van der Waals surface area contributed by atoms with E-state index in [-0.39, 0.29) is 12.3 Å². The van der Waals surface area contributed by atoms with Gasteiger partial charge in [-0.1, -0.05) is 32.8 Å². The van der Waals surface area contributed by atoms with Crippen molar-refractivity contribution in [2.75, 3.05) is 18.0 Å². The number of unbranched alkanes of at least 4 members (excludes halogenated alkanes) is 2. The van der Waals surface area contributed by atoms with Gasteiger partial charge in [-0.25, -0.2) is 4.39 Å². The van der Waals surface area contributed by atoms with Gasteiger partial charge in [0.15, 0.2) is 0 Å². The maximum absolute atomic E-state index is 14.8. The molecule has 4 rings (SSSR count). The Balaban J connectivity index is 1.70. The van der Waals surface area contributed by atoms with Gasteiger partial charge >= 0.3 is 5.97 Å². The number of rotatable bonds is 9. The van der Waals surface area contributed by atoms with Crippen molar-refractivity contribution in [2.45, 2.75) is 58.8 Å². The van der Waals surface area contributed by atoms with Crippen molar-refractivity contribution in [1.82, 2.24) is 4.57 Å². The van der Waals surface area contributed by atoms with Crippen molar-refractivity contribution in [3.05, 3.63) is 65.1 Å². The van der Waals surface area contributed by atoms with Gasteiger partial charge in [-0.3, -0.25) is 14.2 Å². The van der Waals surface area contributed by atoms with E-state index in [1.807, 2.05) is 24.3 Å². The number of carboxylic acid groups (broad SMARTS) is 1. The average Bonchev–Trinajstić information content (AvgIpc) is 3.18. The van der Waals surface area contributed by atoms with E-state index in [2.05, 4.69) is 18.7 Å². The number of nitrogens with zero attached hydrogens (tertiary/aromatic N) is 2. The first kappa shape index (κ1) is 24.0. The van der Waals surface area contributed by atoms with E-state index in [4.69, 9.17) is 0 Å². The summed E-state index contributed by atoms with van der Waals surface area (Å²) >= 11 is 0. The lowest BCUT2D eigenvalue weighted by molar-refractivity contribution is -0.142. The summed E-state index contributed by atoms with van der Waals surface area (Å²) < 4.78 is 16.5. The number of fused-ring (bicyclic) bond motifs is 3. The Kier molecular flexibility index (Phi) is 7.35. The lowest BCUT2D eigenvalue weighted by Gasteiger charge is -2.25. The normalized spacial score (nSPS) is 15.3. The van der Waals surface area contributed by atoms with Crippen molar-refractivity contribution < 1.29 is 19.1 Å². The lowest BCUT2D eigenvalue weighted by Crippen LogP contribution is -2.26. The fourth-order valence-corrected chi connectivity index (χ4v) is 5.02.